The quantitative estimate of drug-likeness (QED) is 0.258. The van der Waals surface area contributed by atoms with Gasteiger partial charge in [-0.25, -0.2) is 0 Å². The minimum atomic E-state index is -1.63. The van der Waals surface area contributed by atoms with Gasteiger partial charge >= 0.3 is 5.97 Å². The number of allylic oxidation sites excluding steroid dienone is 1. The van der Waals surface area contributed by atoms with Crippen LogP contribution in [0.4, 0.5) is 0 Å². The Bertz CT molecular complexity index is 1010. The third kappa shape index (κ3) is 4.81. The van der Waals surface area contributed by atoms with Crippen molar-refractivity contribution in [2.75, 3.05) is 0 Å². The standard InChI is InChI=1S/C30H48O9/c1-7-24(35)39-21-15-28(5)22(29(6,37)23(34)9-10-26(2,3)36)8-11-30(28,38)17-13-18(31)16-12-19(32)20(33)14-27(16,4)25(17)21/h13,16,19-23,25,32-34,36-38H,7-12,14-15H2,1-6H3/t16-,19+,20-,21+,22?,23+,25?,27-,28+,29-,30+/m0/s1. The fourth-order valence-electron chi connectivity index (χ4n) is 8.76. The van der Waals surface area contributed by atoms with Crippen LogP contribution in [0, 0.1) is 28.6 Å². The Labute approximate surface area is 231 Å². The molecule has 3 fully saturated rings. The maximum atomic E-state index is 13.5. The van der Waals surface area contributed by atoms with E-state index in [4.69, 9.17) is 4.74 Å². The minimum Gasteiger partial charge on any atom is -0.462 e. The van der Waals surface area contributed by atoms with E-state index >= 15 is 0 Å². The van der Waals surface area contributed by atoms with Crippen molar-refractivity contribution in [2.45, 2.75) is 134 Å². The molecule has 0 spiro atoms. The fourth-order valence-corrected chi connectivity index (χ4v) is 8.76. The van der Waals surface area contributed by atoms with Crippen LogP contribution in [0.25, 0.3) is 0 Å². The highest BCUT2D eigenvalue weighted by Crippen LogP contribution is 2.69. The molecular formula is C30H48O9. The second-order valence-electron chi connectivity index (χ2n) is 14.2. The van der Waals surface area contributed by atoms with Crippen LogP contribution < -0.4 is 0 Å². The van der Waals surface area contributed by atoms with Gasteiger partial charge < -0.3 is 35.4 Å². The van der Waals surface area contributed by atoms with E-state index in [-0.39, 0.29) is 50.7 Å². The number of ketones is 1. The van der Waals surface area contributed by atoms with Gasteiger partial charge in [-0.2, -0.15) is 0 Å². The zero-order valence-corrected chi connectivity index (χ0v) is 24.2. The van der Waals surface area contributed by atoms with Crippen LogP contribution in [0.2, 0.25) is 0 Å². The van der Waals surface area contributed by atoms with Gasteiger partial charge in [-0.3, -0.25) is 9.59 Å². The number of hydrogen-bond acceptors (Lipinski definition) is 9. The van der Waals surface area contributed by atoms with Crippen molar-refractivity contribution in [2.24, 2.45) is 28.6 Å². The monoisotopic (exact) mass is 552 g/mol. The van der Waals surface area contributed by atoms with Crippen molar-refractivity contribution in [1.82, 2.24) is 0 Å². The molecule has 0 saturated heterocycles. The molecule has 0 aromatic carbocycles. The number of rotatable bonds is 7. The van der Waals surface area contributed by atoms with Gasteiger partial charge in [0.15, 0.2) is 5.78 Å². The molecule has 9 heteroatoms. The summed E-state index contributed by atoms with van der Waals surface area (Å²) >= 11 is 0. The Morgan fingerprint density at radius 1 is 1.15 bits per heavy atom. The lowest BCUT2D eigenvalue weighted by molar-refractivity contribution is -0.206. The van der Waals surface area contributed by atoms with Gasteiger partial charge in [0.05, 0.1) is 35.1 Å². The number of ether oxygens (including phenoxy) is 1. The second kappa shape index (κ2) is 9.88. The Hall–Kier alpha value is -1.36. The summed E-state index contributed by atoms with van der Waals surface area (Å²) in [5.74, 6) is -2.40. The van der Waals surface area contributed by atoms with Gasteiger partial charge in [0.1, 0.15) is 6.10 Å². The zero-order chi connectivity index (χ0) is 29.3. The van der Waals surface area contributed by atoms with Crippen molar-refractivity contribution in [3.8, 4) is 0 Å². The topological polar surface area (TPSA) is 165 Å². The van der Waals surface area contributed by atoms with Crippen LogP contribution >= 0.6 is 0 Å². The van der Waals surface area contributed by atoms with Crippen LogP contribution in [0.3, 0.4) is 0 Å². The molecule has 0 aliphatic heterocycles. The first-order valence-corrected chi connectivity index (χ1v) is 14.5. The van der Waals surface area contributed by atoms with E-state index in [0.717, 1.165) is 0 Å². The third-order valence-electron chi connectivity index (χ3n) is 11.0. The van der Waals surface area contributed by atoms with Gasteiger partial charge in [0, 0.05) is 23.7 Å². The van der Waals surface area contributed by atoms with E-state index in [1.807, 2.05) is 13.8 Å². The summed E-state index contributed by atoms with van der Waals surface area (Å²) in [6, 6.07) is 0. The first-order valence-electron chi connectivity index (χ1n) is 14.5. The smallest absolute Gasteiger partial charge is 0.305 e. The molecule has 9 nitrogen and oxygen atoms in total. The number of carbonyl (C=O) groups is 2. The van der Waals surface area contributed by atoms with Crippen molar-refractivity contribution in [3.63, 3.8) is 0 Å². The van der Waals surface area contributed by atoms with Crippen LogP contribution in [-0.2, 0) is 14.3 Å². The second-order valence-corrected chi connectivity index (χ2v) is 14.2. The van der Waals surface area contributed by atoms with Crippen molar-refractivity contribution in [3.05, 3.63) is 11.6 Å². The summed E-state index contributed by atoms with van der Waals surface area (Å²) in [6.07, 6.45) is -0.945. The predicted octanol–water partition coefficient (Wildman–Crippen LogP) is 1.79. The zero-order valence-electron chi connectivity index (χ0n) is 24.2. The number of aliphatic hydroxyl groups is 6. The number of hydrogen-bond donors (Lipinski definition) is 6. The van der Waals surface area contributed by atoms with E-state index in [2.05, 4.69) is 0 Å². The number of fused-ring (bicyclic) bond motifs is 5. The molecular weight excluding hydrogens is 504 g/mol. The largest absolute Gasteiger partial charge is 0.462 e. The molecule has 11 atom stereocenters. The predicted molar refractivity (Wildman–Crippen MR) is 142 cm³/mol. The molecule has 0 aromatic heterocycles. The average Bonchev–Trinajstić information content (AvgIpc) is 3.10. The van der Waals surface area contributed by atoms with Gasteiger partial charge in [-0.05, 0) is 88.7 Å². The van der Waals surface area contributed by atoms with E-state index in [1.165, 1.54) is 6.08 Å². The maximum absolute atomic E-state index is 13.5. The first-order chi connectivity index (χ1) is 17.8. The van der Waals surface area contributed by atoms with Gasteiger partial charge in [0.2, 0.25) is 0 Å². The number of aliphatic hydroxyl groups excluding tert-OH is 3. The summed E-state index contributed by atoms with van der Waals surface area (Å²) in [4.78, 5) is 26.2. The first kappa shape index (κ1) is 30.6. The van der Waals surface area contributed by atoms with Crippen LogP contribution in [0.1, 0.15) is 92.9 Å². The van der Waals surface area contributed by atoms with Crippen molar-refractivity contribution < 1.29 is 45.0 Å². The highest BCUT2D eigenvalue weighted by Gasteiger charge is 2.71. The highest BCUT2D eigenvalue weighted by atomic mass is 16.5. The summed E-state index contributed by atoms with van der Waals surface area (Å²) in [7, 11) is 0. The molecule has 0 heterocycles. The SMILES string of the molecule is CCC(=O)O[C@@H]1C[C@]2(C)C([C@](C)(O)[C@H](O)CCC(C)(C)O)CC[C@@]2(O)C2=CC(=O)[C@@H]3C[C@@H](O)[C@@H](O)C[C@]3(C)C21. The summed E-state index contributed by atoms with van der Waals surface area (Å²) < 4.78 is 6.03. The lowest BCUT2D eigenvalue weighted by Crippen LogP contribution is -2.66. The molecule has 0 bridgehead atoms. The van der Waals surface area contributed by atoms with E-state index < -0.39 is 75.8 Å². The average molecular weight is 553 g/mol. The van der Waals surface area contributed by atoms with Gasteiger partial charge in [0.25, 0.3) is 0 Å². The van der Waals surface area contributed by atoms with Crippen molar-refractivity contribution in [1.29, 1.82) is 0 Å². The molecule has 6 N–H and O–H groups in total. The molecule has 0 radical (unpaired) electrons. The van der Waals surface area contributed by atoms with Gasteiger partial charge in [-0.15, -0.1) is 0 Å². The minimum absolute atomic E-state index is 0.0889. The van der Waals surface area contributed by atoms with E-state index in [1.54, 1.807) is 27.7 Å². The van der Waals surface area contributed by atoms with Crippen LogP contribution in [0.5, 0.6) is 0 Å². The lowest BCUT2D eigenvalue weighted by Gasteiger charge is -2.62. The van der Waals surface area contributed by atoms with Crippen molar-refractivity contribution >= 4 is 11.8 Å². The summed E-state index contributed by atoms with van der Waals surface area (Å²) in [6.45, 7) is 10.2. The normalized spacial score (nSPS) is 44.4. The Morgan fingerprint density at radius 2 is 1.79 bits per heavy atom. The highest BCUT2D eigenvalue weighted by molar-refractivity contribution is 5.95. The summed E-state index contributed by atoms with van der Waals surface area (Å²) in [5, 5.41) is 66.6. The van der Waals surface area contributed by atoms with E-state index in [9.17, 15) is 40.2 Å². The Kier molecular flexibility index (Phi) is 7.75. The Balaban J connectivity index is 1.79. The molecule has 4 aliphatic rings. The maximum Gasteiger partial charge on any atom is 0.305 e. The third-order valence-corrected chi connectivity index (χ3v) is 11.0. The molecule has 3 saturated carbocycles. The Morgan fingerprint density at radius 3 is 2.38 bits per heavy atom. The van der Waals surface area contributed by atoms with Gasteiger partial charge in [-0.1, -0.05) is 20.8 Å². The number of esters is 1. The summed E-state index contributed by atoms with van der Waals surface area (Å²) in [5.41, 5.74) is -5.62. The molecule has 2 unspecified atom stereocenters. The van der Waals surface area contributed by atoms with Crippen LogP contribution in [-0.4, -0.2) is 83.6 Å². The lowest BCUT2D eigenvalue weighted by atomic mass is 9.44. The molecule has 4 rings (SSSR count). The van der Waals surface area contributed by atoms with Crippen LogP contribution in [0.15, 0.2) is 11.6 Å². The molecule has 0 amide bonds. The molecule has 0 aromatic rings. The fraction of sp³-hybridized carbons (Fsp3) is 0.867. The van der Waals surface area contributed by atoms with E-state index in [0.29, 0.717) is 12.0 Å². The molecule has 39 heavy (non-hydrogen) atoms. The number of carbonyl (C=O) groups excluding carboxylic acids is 2. The molecule has 222 valence electrons. The molecule has 4 aliphatic carbocycles.